The van der Waals surface area contributed by atoms with Gasteiger partial charge in [-0.2, -0.15) is 0 Å². The standard InChI is InChI=1S/C17H20FN5O3/c1-3-19-15(25)17(8-11-6-4-5-7-12(11)18)9-23(10-17)14(24)13-20-16(26)22(2)21-13/h4-7H,3,8-10H2,1-2H3,(H,19,25)(H,20,21,26). The summed E-state index contributed by atoms with van der Waals surface area (Å²) < 4.78 is 15.1. The van der Waals surface area contributed by atoms with Crippen LogP contribution in [-0.2, 0) is 18.3 Å². The van der Waals surface area contributed by atoms with Crippen LogP contribution in [0.1, 0.15) is 23.1 Å². The first-order valence-electron chi connectivity index (χ1n) is 8.30. The van der Waals surface area contributed by atoms with E-state index >= 15 is 0 Å². The van der Waals surface area contributed by atoms with Crippen molar-refractivity contribution in [1.29, 1.82) is 0 Å². The molecule has 1 aromatic carbocycles. The van der Waals surface area contributed by atoms with Crippen LogP contribution in [0.3, 0.4) is 0 Å². The summed E-state index contributed by atoms with van der Waals surface area (Å²) >= 11 is 0. The van der Waals surface area contributed by atoms with Crippen LogP contribution in [0.25, 0.3) is 0 Å². The molecule has 138 valence electrons. The van der Waals surface area contributed by atoms with Gasteiger partial charge in [-0.3, -0.25) is 14.6 Å². The molecule has 2 heterocycles. The molecule has 0 radical (unpaired) electrons. The van der Waals surface area contributed by atoms with Gasteiger partial charge < -0.3 is 10.2 Å². The van der Waals surface area contributed by atoms with Crippen LogP contribution in [-0.4, -0.2) is 51.1 Å². The van der Waals surface area contributed by atoms with Crippen LogP contribution < -0.4 is 11.0 Å². The smallest absolute Gasteiger partial charge is 0.343 e. The molecule has 9 heteroatoms. The molecule has 1 aromatic heterocycles. The number of hydrogen-bond donors (Lipinski definition) is 2. The van der Waals surface area contributed by atoms with Crippen LogP contribution in [0.5, 0.6) is 0 Å². The Labute approximate surface area is 149 Å². The Balaban J connectivity index is 1.80. The largest absolute Gasteiger partial charge is 0.356 e. The van der Waals surface area contributed by atoms with E-state index in [-0.39, 0.29) is 37.1 Å². The zero-order valence-corrected chi connectivity index (χ0v) is 14.6. The first kappa shape index (κ1) is 17.8. The summed E-state index contributed by atoms with van der Waals surface area (Å²) in [5.74, 6) is -1.14. The number of amides is 2. The predicted octanol–water partition coefficient (Wildman–Crippen LogP) is 0.0685. The summed E-state index contributed by atoms with van der Waals surface area (Å²) in [6.07, 6.45) is 0.189. The topological polar surface area (TPSA) is 100 Å². The Morgan fingerprint density at radius 2 is 2.04 bits per heavy atom. The van der Waals surface area contributed by atoms with Crippen LogP contribution >= 0.6 is 0 Å². The molecule has 0 bridgehead atoms. The van der Waals surface area contributed by atoms with Crippen molar-refractivity contribution in [3.8, 4) is 0 Å². The lowest BCUT2D eigenvalue weighted by Crippen LogP contribution is -2.65. The fraction of sp³-hybridized carbons (Fsp3) is 0.412. The summed E-state index contributed by atoms with van der Waals surface area (Å²) in [5, 5.41) is 6.60. The summed E-state index contributed by atoms with van der Waals surface area (Å²) in [5.41, 5.74) is -0.963. The molecule has 0 unspecified atom stereocenters. The molecular formula is C17H20FN5O3. The number of H-pyrrole nitrogens is 1. The van der Waals surface area contributed by atoms with Gasteiger partial charge in [-0.25, -0.2) is 13.9 Å². The summed E-state index contributed by atoms with van der Waals surface area (Å²) in [7, 11) is 1.43. The lowest BCUT2D eigenvalue weighted by atomic mass is 9.73. The third kappa shape index (κ3) is 3.12. The van der Waals surface area contributed by atoms with Gasteiger partial charge in [0.1, 0.15) is 5.82 Å². The number of nitrogens with one attached hydrogen (secondary N) is 2. The highest BCUT2D eigenvalue weighted by Crippen LogP contribution is 2.36. The third-order valence-corrected chi connectivity index (χ3v) is 4.55. The zero-order chi connectivity index (χ0) is 18.9. The minimum absolute atomic E-state index is 0.0760. The second kappa shape index (κ2) is 6.74. The van der Waals surface area contributed by atoms with Crippen LogP contribution in [0, 0.1) is 11.2 Å². The van der Waals surface area contributed by atoms with Crippen LogP contribution in [0.2, 0.25) is 0 Å². The van der Waals surface area contributed by atoms with Gasteiger partial charge in [0, 0.05) is 26.7 Å². The molecule has 1 aliphatic rings. The van der Waals surface area contributed by atoms with Crippen molar-refractivity contribution in [2.24, 2.45) is 12.5 Å². The van der Waals surface area contributed by atoms with E-state index in [1.165, 1.54) is 18.0 Å². The van der Waals surface area contributed by atoms with Gasteiger partial charge in [0.15, 0.2) is 0 Å². The number of hydrogen-bond acceptors (Lipinski definition) is 4. The first-order valence-corrected chi connectivity index (χ1v) is 8.30. The number of carbonyl (C=O) groups is 2. The average Bonchev–Trinajstić information content (AvgIpc) is 2.91. The van der Waals surface area contributed by atoms with E-state index in [4.69, 9.17) is 0 Å². The fourth-order valence-corrected chi connectivity index (χ4v) is 3.17. The molecule has 1 aliphatic heterocycles. The Morgan fingerprint density at radius 3 is 2.62 bits per heavy atom. The zero-order valence-electron chi connectivity index (χ0n) is 14.6. The molecule has 2 N–H and O–H groups in total. The van der Waals surface area contributed by atoms with E-state index in [9.17, 15) is 18.8 Å². The van der Waals surface area contributed by atoms with Gasteiger partial charge in [0.2, 0.25) is 11.7 Å². The van der Waals surface area contributed by atoms with E-state index in [1.807, 2.05) is 0 Å². The first-order chi connectivity index (χ1) is 12.4. The van der Waals surface area contributed by atoms with Gasteiger partial charge >= 0.3 is 5.69 Å². The molecular weight excluding hydrogens is 341 g/mol. The van der Waals surface area contributed by atoms with Crippen molar-refractivity contribution in [3.05, 3.63) is 52.0 Å². The lowest BCUT2D eigenvalue weighted by Gasteiger charge is -2.48. The average molecular weight is 361 g/mol. The Bertz CT molecular complexity index is 898. The third-order valence-electron chi connectivity index (χ3n) is 4.55. The summed E-state index contributed by atoms with van der Waals surface area (Å²) in [4.78, 5) is 40.3. The number of aryl methyl sites for hydroxylation is 1. The van der Waals surface area contributed by atoms with Gasteiger partial charge in [0.25, 0.3) is 5.91 Å². The molecule has 0 spiro atoms. The van der Waals surface area contributed by atoms with Gasteiger partial charge in [-0.05, 0) is 25.0 Å². The molecule has 2 amide bonds. The summed E-state index contributed by atoms with van der Waals surface area (Å²) in [6, 6.07) is 6.29. The normalized spacial score (nSPS) is 15.4. The molecule has 2 aromatic rings. The number of benzene rings is 1. The highest BCUT2D eigenvalue weighted by molar-refractivity contribution is 5.94. The van der Waals surface area contributed by atoms with Crippen molar-refractivity contribution in [2.75, 3.05) is 19.6 Å². The van der Waals surface area contributed by atoms with Crippen molar-refractivity contribution >= 4 is 11.8 Å². The van der Waals surface area contributed by atoms with Crippen molar-refractivity contribution in [3.63, 3.8) is 0 Å². The number of carbonyl (C=O) groups excluding carboxylic acids is 2. The van der Waals surface area contributed by atoms with Gasteiger partial charge in [-0.1, -0.05) is 18.2 Å². The Morgan fingerprint density at radius 1 is 1.35 bits per heavy atom. The van der Waals surface area contributed by atoms with E-state index < -0.39 is 17.0 Å². The SMILES string of the molecule is CCNC(=O)C1(Cc2ccccc2F)CN(C(=O)c2nn(C)c(=O)[nH]2)C1. The molecule has 0 saturated carbocycles. The molecule has 1 fully saturated rings. The number of nitrogens with zero attached hydrogens (tertiary/aromatic N) is 3. The van der Waals surface area contributed by atoms with Crippen molar-refractivity contribution in [2.45, 2.75) is 13.3 Å². The quantitative estimate of drug-likeness (QED) is 0.787. The number of halogens is 1. The van der Waals surface area contributed by atoms with Gasteiger partial charge in [-0.15, -0.1) is 5.10 Å². The molecule has 0 atom stereocenters. The maximum absolute atomic E-state index is 14.0. The Kier molecular flexibility index (Phi) is 4.62. The highest BCUT2D eigenvalue weighted by Gasteiger charge is 2.51. The van der Waals surface area contributed by atoms with E-state index in [2.05, 4.69) is 15.4 Å². The highest BCUT2D eigenvalue weighted by atomic mass is 19.1. The van der Waals surface area contributed by atoms with E-state index in [0.29, 0.717) is 12.1 Å². The number of aromatic amines is 1. The van der Waals surface area contributed by atoms with Crippen molar-refractivity contribution < 1.29 is 14.0 Å². The minimum Gasteiger partial charge on any atom is -0.356 e. The van der Waals surface area contributed by atoms with E-state index in [0.717, 1.165) is 4.68 Å². The second-order valence-electron chi connectivity index (χ2n) is 6.47. The lowest BCUT2D eigenvalue weighted by molar-refractivity contribution is -0.139. The van der Waals surface area contributed by atoms with Gasteiger partial charge in [0.05, 0.1) is 5.41 Å². The second-order valence-corrected chi connectivity index (χ2v) is 6.47. The number of aromatic nitrogens is 3. The number of likely N-dealkylation sites (tertiary alicyclic amines) is 1. The maximum Gasteiger partial charge on any atom is 0.343 e. The molecule has 1 saturated heterocycles. The van der Waals surface area contributed by atoms with E-state index in [1.54, 1.807) is 25.1 Å². The molecule has 3 rings (SSSR count). The molecule has 26 heavy (non-hydrogen) atoms. The number of rotatable bonds is 5. The Hall–Kier alpha value is -2.97. The monoisotopic (exact) mass is 361 g/mol. The molecule has 0 aliphatic carbocycles. The predicted molar refractivity (Wildman–Crippen MR) is 91.0 cm³/mol. The maximum atomic E-state index is 14.0. The minimum atomic E-state index is -0.900. The molecule has 8 nitrogen and oxygen atoms in total. The van der Waals surface area contributed by atoms with Crippen LogP contribution in [0.15, 0.2) is 29.1 Å². The van der Waals surface area contributed by atoms with Crippen molar-refractivity contribution in [1.82, 2.24) is 25.0 Å². The fourth-order valence-electron chi connectivity index (χ4n) is 3.17. The van der Waals surface area contributed by atoms with Crippen LogP contribution in [0.4, 0.5) is 4.39 Å². The summed E-state index contributed by atoms with van der Waals surface area (Å²) in [6.45, 7) is 2.50.